The summed E-state index contributed by atoms with van der Waals surface area (Å²) in [5.74, 6) is 2.21. The maximum absolute atomic E-state index is 5.64. The number of aromatic nitrogens is 1. The summed E-state index contributed by atoms with van der Waals surface area (Å²) >= 11 is 0. The molecule has 1 aliphatic heterocycles. The van der Waals surface area contributed by atoms with E-state index >= 15 is 0 Å². The van der Waals surface area contributed by atoms with E-state index in [4.69, 9.17) is 9.72 Å². The van der Waals surface area contributed by atoms with E-state index in [2.05, 4.69) is 32.9 Å². The monoisotopic (exact) mass is 205 g/mol. The molecule has 0 spiro atoms. The Morgan fingerprint density at radius 2 is 2.27 bits per heavy atom. The fourth-order valence-electron chi connectivity index (χ4n) is 2.17. The summed E-state index contributed by atoms with van der Waals surface area (Å²) in [7, 11) is 0. The number of rotatable bonds is 2. The van der Waals surface area contributed by atoms with Crippen molar-refractivity contribution in [3.63, 3.8) is 0 Å². The Morgan fingerprint density at radius 1 is 1.47 bits per heavy atom. The van der Waals surface area contributed by atoms with Gasteiger partial charge in [-0.3, -0.25) is 4.98 Å². The number of pyridine rings is 1. The van der Waals surface area contributed by atoms with Gasteiger partial charge in [0.05, 0.1) is 12.3 Å². The third kappa shape index (κ3) is 1.99. The molecule has 1 aromatic heterocycles. The van der Waals surface area contributed by atoms with Crippen LogP contribution in [0.25, 0.3) is 0 Å². The van der Waals surface area contributed by atoms with Crippen molar-refractivity contribution >= 4 is 0 Å². The maximum Gasteiger partial charge on any atom is 0.141 e. The van der Waals surface area contributed by atoms with Gasteiger partial charge in [-0.15, -0.1) is 0 Å². The van der Waals surface area contributed by atoms with E-state index in [0.29, 0.717) is 11.8 Å². The van der Waals surface area contributed by atoms with Gasteiger partial charge in [0.25, 0.3) is 0 Å². The minimum atomic E-state index is 0.570. The summed E-state index contributed by atoms with van der Waals surface area (Å²) in [5, 5.41) is 0. The van der Waals surface area contributed by atoms with Crippen LogP contribution in [0, 0.1) is 5.92 Å². The topological polar surface area (TPSA) is 22.1 Å². The zero-order valence-corrected chi connectivity index (χ0v) is 9.79. The molecule has 0 saturated carbocycles. The lowest BCUT2D eigenvalue weighted by molar-refractivity contribution is 0.242. The molecule has 82 valence electrons. The van der Waals surface area contributed by atoms with E-state index in [1.165, 1.54) is 11.4 Å². The summed E-state index contributed by atoms with van der Waals surface area (Å²) in [5.41, 5.74) is 2.35. The predicted octanol–water partition coefficient (Wildman–Crippen LogP) is 3.17. The average molecular weight is 205 g/mol. The second kappa shape index (κ2) is 4.21. The van der Waals surface area contributed by atoms with Crippen LogP contribution in [-0.4, -0.2) is 11.6 Å². The molecule has 0 radical (unpaired) electrons. The van der Waals surface area contributed by atoms with Crippen LogP contribution in [0.15, 0.2) is 12.1 Å². The zero-order valence-electron chi connectivity index (χ0n) is 9.79. The molecule has 0 aliphatic carbocycles. The lowest BCUT2D eigenvalue weighted by Gasteiger charge is -2.27. The van der Waals surface area contributed by atoms with Gasteiger partial charge in [-0.2, -0.15) is 0 Å². The quantitative estimate of drug-likeness (QED) is 0.740. The molecule has 0 amide bonds. The fourth-order valence-corrected chi connectivity index (χ4v) is 2.17. The van der Waals surface area contributed by atoms with Crippen molar-refractivity contribution in [3.05, 3.63) is 23.5 Å². The van der Waals surface area contributed by atoms with Crippen LogP contribution in [0.1, 0.15) is 44.5 Å². The first kappa shape index (κ1) is 10.5. The standard InChI is InChI=1S/C13H19NO/c1-4-10-5-6-12-13(14-10)11(9(2)3)7-8-15-12/h5-6,9,11H,4,7-8H2,1-3H3. The molecule has 2 heteroatoms. The molecule has 2 rings (SSSR count). The average Bonchev–Trinajstić information content (AvgIpc) is 2.27. The highest BCUT2D eigenvalue weighted by atomic mass is 16.5. The van der Waals surface area contributed by atoms with Gasteiger partial charge >= 0.3 is 0 Å². The van der Waals surface area contributed by atoms with Crippen molar-refractivity contribution < 1.29 is 4.74 Å². The second-order valence-electron chi connectivity index (χ2n) is 4.53. The Labute approximate surface area is 91.7 Å². The molecule has 1 unspecified atom stereocenters. The van der Waals surface area contributed by atoms with Gasteiger partial charge in [0.15, 0.2) is 0 Å². The van der Waals surface area contributed by atoms with Crippen molar-refractivity contribution in [2.45, 2.75) is 39.5 Å². The third-order valence-electron chi connectivity index (χ3n) is 3.15. The van der Waals surface area contributed by atoms with Crippen molar-refractivity contribution in [3.8, 4) is 5.75 Å². The Kier molecular flexibility index (Phi) is 2.94. The molecule has 0 saturated heterocycles. The Balaban J connectivity index is 2.39. The second-order valence-corrected chi connectivity index (χ2v) is 4.53. The number of aryl methyl sites for hydroxylation is 1. The summed E-state index contributed by atoms with van der Waals surface area (Å²) in [6.07, 6.45) is 2.10. The van der Waals surface area contributed by atoms with Crippen molar-refractivity contribution in [2.24, 2.45) is 5.92 Å². The highest BCUT2D eigenvalue weighted by Crippen LogP contribution is 2.36. The van der Waals surface area contributed by atoms with E-state index in [-0.39, 0.29) is 0 Å². The van der Waals surface area contributed by atoms with E-state index < -0.39 is 0 Å². The van der Waals surface area contributed by atoms with Crippen molar-refractivity contribution in [2.75, 3.05) is 6.61 Å². The summed E-state index contributed by atoms with van der Waals surface area (Å²) in [6.45, 7) is 7.51. The first-order chi connectivity index (χ1) is 7.22. The maximum atomic E-state index is 5.64. The van der Waals surface area contributed by atoms with E-state index in [0.717, 1.165) is 25.2 Å². The Morgan fingerprint density at radius 3 is 2.93 bits per heavy atom. The summed E-state index contributed by atoms with van der Waals surface area (Å²) in [4.78, 5) is 4.71. The highest BCUT2D eigenvalue weighted by molar-refractivity contribution is 5.34. The molecule has 0 aromatic carbocycles. The van der Waals surface area contributed by atoms with Crippen LogP contribution < -0.4 is 4.74 Å². The lowest BCUT2D eigenvalue weighted by Crippen LogP contribution is -2.20. The molecule has 0 bridgehead atoms. The van der Waals surface area contributed by atoms with Crippen LogP contribution in [0.3, 0.4) is 0 Å². The van der Waals surface area contributed by atoms with Gasteiger partial charge in [0.1, 0.15) is 5.75 Å². The minimum absolute atomic E-state index is 0.570. The van der Waals surface area contributed by atoms with E-state index in [1.54, 1.807) is 0 Å². The molecule has 15 heavy (non-hydrogen) atoms. The number of fused-ring (bicyclic) bond motifs is 1. The first-order valence-corrected chi connectivity index (χ1v) is 5.85. The Hall–Kier alpha value is -1.05. The van der Waals surface area contributed by atoms with Crippen LogP contribution in [0.4, 0.5) is 0 Å². The molecule has 0 N–H and O–H groups in total. The van der Waals surface area contributed by atoms with Crippen LogP contribution >= 0.6 is 0 Å². The molecule has 2 heterocycles. The van der Waals surface area contributed by atoms with Gasteiger partial charge in [-0.25, -0.2) is 0 Å². The van der Waals surface area contributed by atoms with Crippen molar-refractivity contribution in [1.82, 2.24) is 4.98 Å². The van der Waals surface area contributed by atoms with E-state index in [9.17, 15) is 0 Å². The molecule has 1 atom stereocenters. The number of hydrogen-bond donors (Lipinski definition) is 0. The summed E-state index contributed by atoms with van der Waals surface area (Å²) in [6, 6.07) is 4.15. The van der Waals surface area contributed by atoms with Crippen LogP contribution in [-0.2, 0) is 6.42 Å². The van der Waals surface area contributed by atoms with Crippen molar-refractivity contribution in [1.29, 1.82) is 0 Å². The number of ether oxygens (including phenoxy) is 1. The lowest BCUT2D eigenvalue weighted by atomic mass is 9.87. The number of nitrogens with zero attached hydrogens (tertiary/aromatic N) is 1. The van der Waals surface area contributed by atoms with E-state index in [1.807, 2.05) is 0 Å². The SMILES string of the molecule is CCc1ccc2c(n1)C(C(C)C)CCO2. The van der Waals surface area contributed by atoms with Gasteiger partial charge in [0, 0.05) is 11.6 Å². The van der Waals surface area contributed by atoms with Gasteiger partial charge in [-0.05, 0) is 30.9 Å². The zero-order chi connectivity index (χ0) is 10.8. The molecular weight excluding hydrogens is 186 g/mol. The smallest absolute Gasteiger partial charge is 0.141 e. The fraction of sp³-hybridized carbons (Fsp3) is 0.615. The largest absolute Gasteiger partial charge is 0.492 e. The van der Waals surface area contributed by atoms with Gasteiger partial charge < -0.3 is 4.74 Å². The molecule has 1 aromatic rings. The normalized spacial score (nSPS) is 19.9. The third-order valence-corrected chi connectivity index (χ3v) is 3.15. The van der Waals surface area contributed by atoms with Crippen LogP contribution in [0.5, 0.6) is 5.75 Å². The van der Waals surface area contributed by atoms with Gasteiger partial charge in [0.2, 0.25) is 0 Å². The van der Waals surface area contributed by atoms with Gasteiger partial charge in [-0.1, -0.05) is 20.8 Å². The number of hydrogen-bond acceptors (Lipinski definition) is 2. The Bertz CT molecular complexity index is 346. The molecule has 2 nitrogen and oxygen atoms in total. The minimum Gasteiger partial charge on any atom is -0.492 e. The molecular formula is C13H19NO. The summed E-state index contributed by atoms with van der Waals surface area (Å²) < 4.78 is 5.64. The molecule has 0 fully saturated rings. The predicted molar refractivity (Wildman–Crippen MR) is 61.3 cm³/mol. The molecule has 1 aliphatic rings. The van der Waals surface area contributed by atoms with Crippen LogP contribution in [0.2, 0.25) is 0 Å². The highest BCUT2D eigenvalue weighted by Gasteiger charge is 2.25. The first-order valence-electron chi connectivity index (χ1n) is 5.85.